The van der Waals surface area contributed by atoms with Crippen LogP contribution in [0.2, 0.25) is 0 Å². The Morgan fingerprint density at radius 3 is 2.60 bits per heavy atom. The topological polar surface area (TPSA) is 119 Å². The maximum atomic E-state index is 13.2. The van der Waals surface area contributed by atoms with Gasteiger partial charge in [-0.2, -0.15) is 0 Å². The van der Waals surface area contributed by atoms with Crippen LogP contribution in [-0.2, 0) is 38.5 Å². The van der Waals surface area contributed by atoms with E-state index in [1.807, 2.05) is 51.1 Å². The summed E-state index contributed by atoms with van der Waals surface area (Å²) in [5, 5.41) is 6.81. The number of piperidine rings is 1. The largest absolute Gasteiger partial charge is 0.461 e. The molecule has 0 amide bonds. The van der Waals surface area contributed by atoms with Gasteiger partial charge in [0.15, 0.2) is 0 Å². The minimum atomic E-state index is -0.745. The van der Waals surface area contributed by atoms with Crippen molar-refractivity contribution in [3.63, 3.8) is 0 Å². The summed E-state index contributed by atoms with van der Waals surface area (Å²) in [6.45, 7) is 10.6. The van der Waals surface area contributed by atoms with E-state index in [0.29, 0.717) is 18.2 Å². The number of carbonyl (C=O) groups is 2. The van der Waals surface area contributed by atoms with Crippen molar-refractivity contribution in [2.75, 3.05) is 41.7 Å². The number of pyridine rings is 1. The van der Waals surface area contributed by atoms with E-state index in [1.165, 1.54) is 11.3 Å². The number of benzene rings is 1. The Labute approximate surface area is 266 Å². The fourth-order valence-electron chi connectivity index (χ4n) is 5.95. The second-order valence-electron chi connectivity index (χ2n) is 12.9. The molecule has 0 spiro atoms. The Hall–Kier alpha value is -4.21. The number of aromatic nitrogens is 3. The van der Waals surface area contributed by atoms with Crippen LogP contribution >= 0.6 is 0 Å². The first kappa shape index (κ1) is 32.2. The van der Waals surface area contributed by atoms with Crippen molar-refractivity contribution in [2.45, 2.75) is 84.3 Å². The molecule has 1 fully saturated rings. The molecule has 45 heavy (non-hydrogen) atoms. The molecule has 240 valence electrons. The first-order chi connectivity index (χ1) is 21.7. The van der Waals surface area contributed by atoms with Crippen molar-refractivity contribution in [1.29, 1.82) is 0 Å². The van der Waals surface area contributed by atoms with E-state index in [1.54, 1.807) is 6.33 Å². The summed E-state index contributed by atoms with van der Waals surface area (Å²) in [5.41, 5.74) is 3.67. The lowest BCUT2D eigenvalue weighted by atomic mass is 9.92. The second kappa shape index (κ2) is 14.7. The molecule has 2 aliphatic heterocycles. The molecule has 2 aromatic heterocycles. The lowest BCUT2D eigenvalue weighted by molar-refractivity contribution is -0.163. The molecule has 0 unspecified atom stereocenters. The third kappa shape index (κ3) is 8.71. The summed E-state index contributed by atoms with van der Waals surface area (Å²) in [7, 11) is 0. The summed E-state index contributed by atoms with van der Waals surface area (Å²) in [6.07, 6.45) is 6.41. The fraction of sp³-hybridized carbons (Fsp3) is 0.514. The number of aryl methyl sites for hydroxylation is 1. The molecule has 1 aromatic carbocycles. The zero-order valence-electron chi connectivity index (χ0n) is 27.0. The molecule has 1 saturated heterocycles. The molecule has 0 saturated carbocycles. The van der Waals surface area contributed by atoms with Crippen molar-refractivity contribution in [3.05, 3.63) is 71.2 Å². The van der Waals surface area contributed by atoms with Crippen LogP contribution in [0.3, 0.4) is 0 Å². The summed E-state index contributed by atoms with van der Waals surface area (Å²) < 4.78 is 11.2. The molecule has 5 rings (SSSR count). The van der Waals surface area contributed by atoms with Gasteiger partial charge in [-0.3, -0.25) is 9.59 Å². The predicted octanol–water partition coefficient (Wildman–Crippen LogP) is 5.68. The van der Waals surface area contributed by atoms with Crippen LogP contribution in [0.15, 0.2) is 48.8 Å². The van der Waals surface area contributed by atoms with Crippen LogP contribution in [-0.4, -0.2) is 58.7 Å². The van der Waals surface area contributed by atoms with Gasteiger partial charge in [0.1, 0.15) is 36.0 Å². The van der Waals surface area contributed by atoms with Gasteiger partial charge in [-0.15, -0.1) is 0 Å². The Bertz CT molecular complexity index is 1450. The number of esters is 2. The van der Waals surface area contributed by atoms with E-state index < -0.39 is 23.5 Å². The second-order valence-corrected chi connectivity index (χ2v) is 12.9. The van der Waals surface area contributed by atoms with Crippen molar-refractivity contribution in [3.8, 4) is 0 Å². The van der Waals surface area contributed by atoms with Crippen LogP contribution in [0.1, 0.15) is 81.7 Å². The zero-order valence-corrected chi connectivity index (χ0v) is 27.0. The molecular formula is C35H46N6O4. The Kier molecular flexibility index (Phi) is 10.5. The van der Waals surface area contributed by atoms with E-state index in [-0.39, 0.29) is 19.6 Å². The number of ether oxygens (including phenoxy) is 2. The van der Waals surface area contributed by atoms with Gasteiger partial charge in [0, 0.05) is 43.4 Å². The number of rotatable bonds is 11. The molecule has 3 aromatic rings. The molecule has 0 radical (unpaired) electrons. The highest BCUT2D eigenvalue weighted by Gasteiger charge is 2.30. The maximum absolute atomic E-state index is 13.2. The van der Waals surface area contributed by atoms with Crippen molar-refractivity contribution < 1.29 is 19.1 Å². The lowest BCUT2D eigenvalue weighted by Crippen LogP contribution is -2.35. The van der Waals surface area contributed by atoms with Gasteiger partial charge in [-0.1, -0.05) is 43.3 Å². The van der Waals surface area contributed by atoms with Gasteiger partial charge >= 0.3 is 11.9 Å². The first-order valence-corrected chi connectivity index (χ1v) is 16.2. The van der Waals surface area contributed by atoms with Crippen molar-refractivity contribution in [2.24, 2.45) is 5.92 Å². The number of anilines is 3. The van der Waals surface area contributed by atoms with Gasteiger partial charge in [0.2, 0.25) is 0 Å². The quantitative estimate of drug-likeness (QED) is 0.261. The molecule has 10 nitrogen and oxygen atoms in total. The van der Waals surface area contributed by atoms with E-state index in [0.717, 1.165) is 68.1 Å². The summed E-state index contributed by atoms with van der Waals surface area (Å²) in [5.74, 6) is 1.38. The smallest absolute Gasteiger partial charge is 0.311 e. The van der Waals surface area contributed by atoms with Crippen LogP contribution in [0.4, 0.5) is 17.5 Å². The highest BCUT2D eigenvalue weighted by molar-refractivity contribution is 5.81. The standard InChI is InChI=1S/C35H46N6O4/c1-5-28-32(37-21-27(34(43)45-35(2,3)4)20-30(42)44-22-24-10-7-6-8-11-24)38-23-39-33(28)41-18-15-25(16-19-41)29-14-13-26-12-9-17-36-31(26)40-29/h6-8,10-11,13-14,23,25,27H,5,9,12,15-22H2,1-4H3,(H,36,40)(H,37,38,39)/t27-/m0/s1. The van der Waals surface area contributed by atoms with E-state index in [9.17, 15) is 9.59 Å². The number of fused-ring (bicyclic) bond motifs is 1. The Balaban J connectivity index is 1.23. The number of hydrogen-bond donors (Lipinski definition) is 2. The third-order valence-electron chi connectivity index (χ3n) is 8.32. The molecule has 0 aliphatic carbocycles. The third-order valence-corrected chi connectivity index (χ3v) is 8.32. The van der Waals surface area contributed by atoms with Gasteiger partial charge < -0.3 is 25.0 Å². The van der Waals surface area contributed by atoms with Gasteiger partial charge in [0.05, 0.1) is 12.3 Å². The Morgan fingerprint density at radius 2 is 1.87 bits per heavy atom. The monoisotopic (exact) mass is 614 g/mol. The highest BCUT2D eigenvalue weighted by atomic mass is 16.6. The first-order valence-electron chi connectivity index (χ1n) is 16.2. The molecule has 10 heteroatoms. The minimum absolute atomic E-state index is 0.103. The van der Waals surface area contributed by atoms with Gasteiger partial charge in [0.25, 0.3) is 0 Å². The zero-order chi connectivity index (χ0) is 31.8. The van der Waals surface area contributed by atoms with Crippen LogP contribution < -0.4 is 15.5 Å². The summed E-state index contributed by atoms with van der Waals surface area (Å²) in [6, 6.07) is 13.9. The molecule has 1 atom stereocenters. The molecule has 2 aliphatic rings. The lowest BCUT2D eigenvalue weighted by Gasteiger charge is -2.34. The Morgan fingerprint density at radius 1 is 1.09 bits per heavy atom. The van der Waals surface area contributed by atoms with Crippen molar-refractivity contribution >= 4 is 29.4 Å². The minimum Gasteiger partial charge on any atom is -0.461 e. The molecule has 0 bridgehead atoms. The van der Waals surface area contributed by atoms with Crippen LogP contribution in [0.5, 0.6) is 0 Å². The van der Waals surface area contributed by atoms with Gasteiger partial charge in [-0.05, 0) is 70.1 Å². The molecule has 4 heterocycles. The van der Waals surface area contributed by atoms with Crippen LogP contribution in [0.25, 0.3) is 0 Å². The fourth-order valence-corrected chi connectivity index (χ4v) is 5.95. The maximum Gasteiger partial charge on any atom is 0.311 e. The number of nitrogens with zero attached hydrogens (tertiary/aromatic N) is 4. The van der Waals surface area contributed by atoms with E-state index >= 15 is 0 Å². The predicted molar refractivity (Wildman–Crippen MR) is 175 cm³/mol. The number of nitrogens with one attached hydrogen (secondary N) is 2. The summed E-state index contributed by atoms with van der Waals surface area (Å²) in [4.78, 5) is 42.5. The van der Waals surface area contributed by atoms with Crippen LogP contribution in [0, 0.1) is 5.92 Å². The summed E-state index contributed by atoms with van der Waals surface area (Å²) >= 11 is 0. The molecular weight excluding hydrogens is 568 g/mol. The highest BCUT2D eigenvalue weighted by Crippen LogP contribution is 2.33. The van der Waals surface area contributed by atoms with E-state index in [4.69, 9.17) is 14.5 Å². The normalized spacial score (nSPS) is 15.9. The molecule has 2 N–H and O–H groups in total. The average molecular weight is 615 g/mol. The van der Waals surface area contributed by atoms with E-state index in [2.05, 4.69) is 44.6 Å². The number of hydrogen-bond acceptors (Lipinski definition) is 10. The SMILES string of the molecule is CCc1c(NC[C@H](CC(=O)OCc2ccccc2)C(=O)OC(C)(C)C)ncnc1N1CCC(c2ccc3c(n2)NCCC3)CC1. The average Bonchev–Trinajstić information content (AvgIpc) is 3.05. The van der Waals surface area contributed by atoms with Gasteiger partial charge in [-0.25, -0.2) is 15.0 Å². The number of carbonyl (C=O) groups excluding carboxylic acids is 2. The van der Waals surface area contributed by atoms with Crippen molar-refractivity contribution in [1.82, 2.24) is 15.0 Å².